The van der Waals surface area contributed by atoms with Crippen molar-refractivity contribution in [3.05, 3.63) is 35.9 Å². The third-order valence-corrected chi connectivity index (χ3v) is 4.25. The number of hydrogen-bond acceptors (Lipinski definition) is 1. The predicted octanol–water partition coefficient (Wildman–Crippen LogP) is 3.68. The molecule has 17 heavy (non-hydrogen) atoms. The van der Waals surface area contributed by atoms with E-state index in [-0.39, 0.29) is 0 Å². The molecule has 0 radical (unpaired) electrons. The van der Waals surface area contributed by atoms with Crippen molar-refractivity contribution in [2.24, 2.45) is 11.3 Å². The smallest absolute Gasteiger partial charge is 0.309 e. The van der Waals surface area contributed by atoms with Crippen LogP contribution in [0.4, 0.5) is 0 Å². The van der Waals surface area contributed by atoms with E-state index in [1.54, 1.807) is 0 Å². The van der Waals surface area contributed by atoms with Crippen LogP contribution in [0.5, 0.6) is 0 Å². The molecule has 1 saturated carbocycles. The van der Waals surface area contributed by atoms with Crippen molar-refractivity contribution in [1.82, 2.24) is 0 Å². The SMILES string of the molecule is C[C@@H]1CC[C@](C)(C(=O)O)C[C@H]1c1ccccc1. The molecule has 1 aromatic rings. The second kappa shape index (κ2) is 4.52. The maximum atomic E-state index is 11.4. The zero-order chi connectivity index (χ0) is 12.5. The van der Waals surface area contributed by atoms with Gasteiger partial charge in [0, 0.05) is 0 Å². The normalized spacial score (nSPS) is 33.3. The fourth-order valence-electron chi connectivity index (χ4n) is 2.88. The Labute approximate surface area is 103 Å². The molecule has 2 nitrogen and oxygen atoms in total. The molecule has 0 saturated heterocycles. The van der Waals surface area contributed by atoms with Gasteiger partial charge in [-0.3, -0.25) is 4.79 Å². The van der Waals surface area contributed by atoms with Crippen molar-refractivity contribution in [2.45, 2.75) is 39.0 Å². The van der Waals surface area contributed by atoms with Crippen LogP contribution < -0.4 is 0 Å². The van der Waals surface area contributed by atoms with Crippen LogP contribution in [0, 0.1) is 11.3 Å². The summed E-state index contributed by atoms with van der Waals surface area (Å²) in [6.07, 6.45) is 2.56. The van der Waals surface area contributed by atoms with Crippen LogP contribution >= 0.6 is 0 Å². The highest BCUT2D eigenvalue weighted by atomic mass is 16.4. The molecule has 0 amide bonds. The molecule has 0 aromatic heterocycles. The van der Waals surface area contributed by atoms with Gasteiger partial charge in [0.25, 0.3) is 0 Å². The summed E-state index contributed by atoms with van der Waals surface area (Å²) in [5.74, 6) is 0.307. The number of hydrogen-bond donors (Lipinski definition) is 1. The van der Waals surface area contributed by atoms with Gasteiger partial charge in [-0.05, 0) is 43.6 Å². The number of rotatable bonds is 2. The monoisotopic (exact) mass is 232 g/mol. The first-order valence-corrected chi connectivity index (χ1v) is 6.31. The van der Waals surface area contributed by atoms with Gasteiger partial charge in [-0.1, -0.05) is 37.3 Å². The highest BCUT2D eigenvalue weighted by Crippen LogP contribution is 2.46. The molecule has 2 rings (SSSR count). The van der Waals surface area contributed by atoms with Gasteiger partial charge < -0.3 is 5.11 Å². The van der Waals surface area contributed by atoms with Gasteiger partial charge in [-0.2, -0.15) is 0 Å². The summed E-state index contributed by atoms with van der Waals surface area (Å²) in [5.41, 5.74) is 0.736. The Morgan fingerprint density at radius 1 is 1.35 bits per heavy atom. The number of carboxylic acid groups (broad SMARTS) is 1. The Hall–Kier alpha value is -1.31. The minimum atomic E-state index is -0.648. The first-order chi connectivity index (χ1) is 8.03. The Bertz CT molecular complexity index is 399. The lowest BCUT2D eigenvalue weighted by Gasteiger charge is -2.39. The third kappa shape index (κ3) is 2.36. The number of benzene rings is 1. The minimum absolute atomic E-state index is 0.381. The van der Waals surface area contributed by atoms with Crippen molar-refractivity contribution in [3.63, 3.8) is 0 Å². The lowest BCUT2D eigenvalue weighted by molar-refractivity contribution is -0.150. The third-order valence-electron chi connectivity index (χ3n) is 4.25. The molecule has 2 heteroatoms. The molecule has 1 fully saturated rings. The molecule has 0 unspecified atom stereocenters. The van der Waals surface area contributed by atoms with E-state index in [0.29, 0.717) is 11.8 Å². The standard InChI is InChI=1S/C15H20O2/c1-11-8-9-15(2,14(16)17)10-13(11)12-6-4-3-5-7-12/h3-7,11,13H,8-10H2,1-2H3,(H,16,17)/t11-,13-,15+/m1/s1. The van der Waals surface area contributed by atoms with Crippen LogP contribution in [0.2, 0.25) is 0 Å². The highest BCUT2D eigenvalue weighted by molar-refractivity contribution is 5.74. The number of carbonyl (C=O) groups is 1. The van der Waals surface area contributed by atoms with Crippen molar-refractivity contribution < 1.29 is 9.90 Å². The molecule has 92 valence electrons. The Morgan fingerprint density at radius 3 is 2.59 bits per heavy atom. The summed E-state index contributed by atoms with van der Waals surface area (Å²) < 4.78 is 0. The summed E-state index contributed by atoms with van der Waals surface area (Å²) in [7, 11) is 0. The van der Waals surface area contributed by atoms with Gasteiger partial charge in [-0.15, -0.1) is 0 Å². The second-order valence-corrected chi connectivity index (χ2v) is 5.60. The van der Waals surface area contributed by atoms with Gasteiger partial charge in [0.05, 0.1) is 5.41 Å². The summed E-state index contributed by atoms with van der Waals surface area (Å²) in [4.78, 5) is 11.4. The zero-order valence-electron chi connectivity index (χ0n) is 10.5. The van der Waals surface area contributed by atoms with E-state index in [9.17, 15) is 9.90 Å². The molecule has 0 spiro atoms. The van der Waals surface area contributed by atoms with E-state index in [2.05, 4.69) is 19.1 Å². The minimum Gasteiger partial charge on any atom is -0.481 e. The Balaban J connectivity index is 2.24. The number of aliphatic carboxylic acids is 1. The molecule has 0 heterocycles. The Morgan fingerprint density at radius 2 is 2.00 bits per heavy atom. The summed E-state index contributed by atoms with van der Waals surface area (Å²) in [6, 6.07) is 10.3. The van der Waals surface area contributed by atoms with Crippen LogP contribution in [0.25, 0.3) is 0 Å². The average Bonchev–Trinajstić information content (AvgIpc) is 2.33. The Kier molecular flexibility index (Phi) is 3.23. The van der Waals surface area contributed by atoms with Crippen LogP contribution in [0.15, 0.2) is 30.3 Å². The predicted molar refractivity (Wildman–Crippen MR) is 67.9 cm³/mol. The van der Waals surface area contributed by atoms with Crippen LogP contribution in [-0.2, 0) is 4.79 Å². The van der Waals surface area contributed by atoms with E-state index in [1.807, 2.05) is 25.1 Å². The van der Waals surface area contributed by atoms with Gasteiger partial charge in [0.2, 0.25) is 0 Å². The molecule has 1 aliphatic carbocycles. The van der Waals surface area contributed by atoms with Crippen LogP contribution in [-0.4, -0.2) is 11.1 Å². The van der Waals surface area contributed by atoms with E-state index in [0.717, 1.165) is 19.3 Å². The lowest BCUT2D eigenvalue weighted by atomic mass is 9.65. The fraction of sp³-hybridized carbons (Fsp3) is 0.533. The quantitative estimate of drug-likeness (QED) is 0.844. The molecular weight excluding hydrogens is 212 g/mol. The van der Waals surface area contributed by atoms with Gasteiger partial charge in [-0.25, -0.2) is 0 Å². The van der Waals surface area contributed by atoms with Gasteiger partial charge >= 0.3 is 5.97 Å². The lowest BCUT2D eigenvalue weighted by Crippen LogP contribution is -2.35. The molecule has 1 N–H and O–H groups in total. The maximum Gasteiger partial charge on any atom is 0.309 e. The van der Waals surface area contributed by atoms with Gasteiger partial charge in [0.1, 0.15) is 0 Å². The molecular formula is C15H20O2. The summed E-state index contributed by atoms with van der Waals surface area (Å²) in [6.45, 7) is 4.12. The van der Waals surface area contributed by atoms with E-state index >= 15 is 0 Å². The second-order valence-electron chi connectivity index (χ2n) is 5.60. The molecule has 0 aliphatic heterocycles. The van der Waals surface area contributed by atoms with Crippen LogP contribution in [0.3, 0.4) is 0 Å². The maximum absolute atomic E-state index is 11.4. The fourth-order valence-corrected chi connectivity index (χ4v) is 2.88. The number of carboxylic acids is 1. The highest BCUT2D eigenvalue weighted by Gasteiger charge is 2.41. The zero-order valence-corrected chi connectivity index (χ0v) is 10.5. The van der Waals surface area contributed by atoms with E-state index in [1.165, 1.54) is 5.56 Å². The van der Waals surface area contributed by atoms with Crippen molar-refractivity contribution in [1.29, 1.82) is 0 Å². The largest absolute Gasteiger partial charge is 0.481 e. The topological polar surface area (TPSA) is 37.3 Å². The van der Waals surface area contributed by atoms with E-state index in [4.69, 9.17) is 0 Å². The van der Waals surface area contributed by atoms with Gasteiger partial charge in [0.15, 0.2) is 0 Å². The van der Waals surface area contributed by atoms with Crippen molar-refractivity contribution in [3.8, 4) is 0 Å². The van der Waals surface area contributed by atoms with E-state index < -0.39 is 11.4 Å². The summed E-state index contributed by atoms with van der Waals surface area (Å²) >= 11 is 0. The van der Waals surface area contributed by atoms with Crippen molar-refractivity contribution in [2.75, 3.05) is 0 Å². The molecule has 1 aromatic carbocycles. The molecule has 1 aliphatic rings. The first-order valence-electron chi connectivity index (χ1n) is 6.31. The van der Waals surface area contributed by atoms with Crippen LogP contribution in [0.1, 0.15) is 44.6 Å². The average molecular weight is 232 g/mol. The van der Waals surface area contributed by atoms with Crippen molar-refractivity contribution >= 4 is 5.97 Å². The molecule has 0 bridgehead atoms. The molecule has 3 atom stereocenters. The summed E-state index contributed by atoms with van der Waals surface area (Å²) in [5, 5.41) is 9.35. The first kappa shape index (κ1) is 12.2.